The van der Waals surface area contributed by atoms with E-state index in [9.17, 15) is 4.39 Å². The van der Waals surface area contributed by atoms with Crippen molar-refractivity contribution in [2.75, 3.05) is 0 Å². The molecule has 0 heterocycles. The summed E-state index contributed by atoms with van der Waals surface area (Å²) >= 11 is 0. The number of rotatable bonds is 2. The topological polar surface area (TPSA) is 0 Å². The molecular weight excluding hydrogens is 278 g/mol. The van der Waals surface area contributed by atoms with Crippen LogP contribution in [0.2, 0.25) is 0 Å². The Morgan fingerprint density at radius 2 is 2.00 bits per heavy atom. The second-order valence-corrected chi connectivity index (χ2v) is 8.91. The van der Waals surface area contributed by atoms with Crippen molar-refractivity contribution in [2.24, 2.45) is 29.6 Å². The first kappa shape index (κ1) is 15.1. The highest BCUT2D eigenvalue weighted by atomic mass is 19.1. The van der Waals surface area contributed by atoms with E-state index >= 15 is 4.39 Å². The Morgan fingerprint density at radius 1 is 1.18 bits per heavy atom. The highest BCUT2D eigenvalue weighted by Gasteiger charge is 2.49. The van der Waals surface area contributed by atoms with Gasteiger partial charge in [-0.3, -0.25) is 0 Å². The molecule has 0 amide bonds. The van der Waals surface area contributed by atoms with Gasteiger partial charge in [0.2, 0.25) is 0 Å². The molecule has 4 bridgehead atoms. The third-order valence-electron chi connectivity index (χ3n) is 7.29. The molecule has 7 unspecified atom stereocenters. The summed E-state index contributed by atoms with van der Waals surface area (Å²) in [5, 5.41) is 0. The molecule has 0 nitrogen and oxygen atoms in total. The molecule has 0 aliphatic heterocycles. The van der Waals surface area contributed by atoms with Gasteiger partial charge in [-0.05, 0) is 75.5 Å². The average molecular weight is 308 g/mol. The van der Waals surface area contributed by atoms with Crippen molar-refractivity contribution >= 4 is 0 Å². The molecule has 0 saturated heterocycles. The summed E-state index contributed by atoms with van der Waals surface area (Å²) in [6.07, 6.45) is 12.1. The van der Waals surface area contributed by atoms with Gasteiger partial charge >= 0.3 is 0 Å². The number of alkyl halides is 2. The molecule has 0 N–H and O–H groups in total. The Labute approximate surface area is 133 Å². The van der Waals surface area contributed by atoms with Crippen LogP contribution in [-0.4, -0.2) is 11.8 Å². The molecule has 22 heavy (non-hydrogen) atoms. The Bertz CT molecular complexity index is 453. The van der Waals surface area contributed by atoms with Crippen molar-refractivity contribution in [3.63, 3.8) is 0 Å². The monoisotopic (exact) mass is 308 g/mol. The van der Waals surface area contributed by atoms with Crippen LogP contribution in [-0.2, 0) is 0 Å². The smallest absolute Gasteiger partial charge is 0.111 e. The fraction of sp³-hybridized carbons (Fsp3) is 0.900. The molecule has 4 aliphatic rings. The van der Waals surface area contributed by atoms with Gasteiger partial charge in [0.1, 0.15) is 11.8 Å². The molecular formula is C20H30F2. The minimum absolute atomic E-state index is 0.00685. The van der Waals surface area contributed by atoms with Crippen LogP contribution in [0.1, 0.15) is 71.1 Å². The van der Waals surface area contributed by atoms with Crippen LogP contribution in [0.5, 0.6) is 0 Å². The third kappa shape index (κ3) is 2.65. The SMILES string of the molecule is CC1(F)CC2CCCC(C2)C1CC1C=C2CCCC(C2)C1F. The number of hydrogen-bond acceptors (Lipinski definition) is 0. The molecule has 0 aromatic carbocycles. The normalized spacial score (nSPS) is 51.3. The second-order valence-electron chi connectivity index (χ2n) is 8.91. The minimum atomic E-state index is -1.07. The molecule has 0 aromatic rings. The van der Waals surface area contributed by atoms with Crippen molar-refractivity contribution in [3.05, 3.63) is 11.6 Å². The summed E-state index contributed by atoms with van der Waals surface area (Å²) in [6.45, 7) is 1.81. The fourth-order valence-corrected chi connectivity index (χ4v) is 6.32. The Morgan fingerprint density at radius 3 is 2.86 bits per heavy atom. The summed E-state index contributed by atoms with van der Waals surface area (Å²) in [7, 11) is 0. The summed E-state index contributed by atoms with van der Waals surface area (Å²) < 4.78 is 30.2. The lowest BCUT2D eigenvalue weighted by Gasteiger charge is -2.49. The van der Waals surface area contributed by atoms with Crippen molar-refractivity contribution in [1.29, 1.82) is 0 Å². The largest absolute Gasteiger partial charge is 0.247 e. The highest BCUT2D eigenvalue weighted by molar-refractivity contribution is 5.16. The zero-order valence-corrected chi connectivity index (χ0v) is 13.9. The van der Waals surface area contributed by atoms with E-state index in [0.717, 1.165) is 38.5 Å². The van der Waals surface area contributed by atoms with Crippen molar-refractivity contribution in [1.82, 2.24) is 0 Å². The van der Waals surface area contributed by atoms with Gasteiger partial charge in [0, 0.05) is 5.92 Å². The Kier molecular flexibility index (Phi) is 3.85. The first-order chi connectivity index (χ1) is 10.5. The van der Waals surface area contributed by atoms with Gasteiger partial charge in [-0.25, -0.2) is 8.78 Å². The number of allylic oxidation sites excluding steroid dienone is 2. The van der Waals surface area contributed by atoms with E-state index in [0.29, 0.717) is 11.8 Å². The highest BCUT2D eigenvalue weighted by Crippen LogP contribution is 2.53. The van der Waals surface area contributed by atoms with Gasteiger partial charge in [-0.15, -0.1) is 0 Å². The summed E-state index contributed by atoms with van der Waals surface area (Å²) in [5.74, 6) is 1.41. The van der Waals surface area contributed by atoms with Gasteiger partial charge in [0.25, 0.3) is 0 Å². The predicted molar refractivity (Wildman–Crippen MR) is 86.1 cm³/mol. The lowest BCUT2D eigenvalue weighted by atomic mass is 9.58. The van der Waals surface area contributed by atoms with Crippen molar-refractivity contribution < 1.29 is 8.78 Å². The number of halogens is 2. The quantitative estimate of drug-likeness (QED) is 0.547. The van der Waals surface area contributed by atoms with Gasteiger partial charge in [0.15, 0.2) is 0 Å². The van der Waals surface area contributed by atoms with Crippen LogP contribution < -0.4 is 0 Å². The van der Waals surface area contributed by atoms with Gasteiger partial charge < -0.3 is 0 Å². The van der Waals surface area contributed by atoms with Crippen LogP contribution in [0.3, 0.4) is 0 Å². The van der Waals surface area contributed by atoms with E-state index in [1.54, 1.807) is 0 Å². The summed E-state index contributed by atoms with van der Waals surface area (Å²) in [6, 6.07) is 0. The van der Waals surface area contributed by atoms with Crippen LogP contribution in [0, 0.1) is 29.6 Å². The Balaban J connectivity index is 1.54. The molecule has 124 valence electrons. The van der Waals surface area contributed by atoms with Crippen molar-refractivity contribution in [2.45, 2.75) is 83.0 Å². The van der Waals surface area contributed by atoms with Gasteiger partial charge in [0.05, 0.1) is 0 Å². The molecule has 2 heteroatoms. The summed E-state index contributed by atoms with van der Waals surface area (Å²) in [4.78, 5) is 0. The molecule has 0 aromatic heterocycles. The maximum atomic E-state index is 15.3. The van der Waals surface area contributed by atoms with Crippen LogP contribution >= 0.6 is 0 Å². The van der Waals surface area contributed by atoms with E-state index in [4.69, 9.17) is 0 Å². The molecule has 4 rings (SSSR count). The van der Waals surface area contributed by atoms with Gasteiger partial charge in [-0.1, -0.05) is 30.9 Å². The lowest BCUT2D eigenvalue weighted by molar-refractivity contribution is -0.0494. The molecule has 0 radical (unpaired) electrons. The maximum absolute atomic E-state index is 15.3. The fourth-order valence-electron chi connectivity index (χ4n) is 6.32. The van der Waals surface area contributed by atoms with E-state index in [-0.39, 0.29) is 17.8 Å². The van der Waals surface area contributed by atoms with E-state index < -0.39 is 11.8 Å². The lowest BCUT2D eigenvalue weighted by Crippen LogP contribution is -2.46. The average Bonchev–Trinajstić information content (AvgIpc) is 2.48. The third-order valence-corrected chi connectivity index (χ3v) is 7.29. The molecule has 3 fully saturated rings. The zero-order chi connectivity index (χ0) is 15.3. The first-order valence-corrected chi connectivity index (χ1v) is 9.55. The number of fused-ring (bicyclic) bond motifs is 4. The standard InChI is InChI=1S/C20H30F2/c1-20(22)12-14-5-3-6-15(10-14)18(20)11-17-9-13-4-2-7-16(8-13)19(17)21/h9,14-19H,2-8,10-12H2,1H3. The number of hydrogen-bond donors (Lipinski definition) is 0. The van der Waals surface area contributed by atoms with Crippen molar-refractivity contribution in [3.8, 4) is 0 Å². The first-order valence-electron chi connectivity index (χ1n) is 9.55. The van der Waals surface area contributed by atoms with E-state index in [1.807, 2.05) is 6.92 Å². The zero-order valence-electron chi connectivity index (χ0n) is 13.9. The Hall–Kier alpha value is -0.400. The van der Waals surface area contributed by atoms with Crippen LogP contribution in [0.25, 0.3) is 0 Å². The van der Waals surface area contributed by atoms with E-state index in [2.05, 4.69) is 6.08 Å². The van der Waals surface area contributed by atoms with Crippen LogP contribution in [0.15, 0.2) is 11.6 Å². The maximum Gasteiger partial charge on any atom is 0.111 e. The van der Waals surface area contributed by atoms with E-state index in [1.165, 1.54) is 31.3 Å². The predicted octanol–water partition coefficient (Wildman–Crippen LogP) is 6.02. The summed E-state index contributed by atoms with van der Waals surface area (Å²) in [5.41, 5.74) is 0.395. The molecule has 7 atom stereocenters. The molecule has 0 spiro atoms. The van der Waals surface area contributed by atoms with Gasteiger partial charge in [-0.2, -0.15) is 0 Å². The van der Waals surface area contributed by atoms with Crippen LogP contribution in [0.4, 0.5) is 8.78 Å². The minimum Gasteiger partial charge on any atom is -0.247 e. The second kappa shape index (κ2) is 5.60. The molecule has 3 saturated carbocycles. The molecule has 4 aliphatic carbocycles.